The Morgan fingerprint density at radius 3 is 2.89 bits per heavy atom. The standard InChI is InChI=1S/C12H19N3O2S/c16-11(2-1-9-3-5-13-6-4-9)14-7-10-8-18-12(17)15-10/h8-9,13H,1-7H2,(H,14,16)(H,15,17). The zero-order valence-corrected chi connectivity index (χ0v) is 11.1. The molecule has 100 valence electrons. The van der Waals surface area contributed by atoms with E-state index in [1.807, 2.05) is 0 Å². The highest BCUT2D eigenvalue weighted by Gasteiger charge is 2.14. The van der Waals surface area contributed by atoms with Gasteiger partial charge in [-0.15, -0.1) is 0 Å². The average molecular weight is 269 g/mol. The van der Waals surface area contributed by atoms with Crippen LogP contribution in [-0.2, 0) is 11.3 Å². The first-order valence-electron chi connectivity index (χ1n) is 6.38. The number of hydrogen-bond acceptors (Lipinski definition) is 4. The van der Waals surface area contributed by atoms with Gasteiger partial charge in [0.2, 0.25) is 5.91 Å². The lowest BCUT2D eigenvalue weighted by Gasteiger charge is -2.22. The van der Waals surface area contributed by atoms with Crippen molar-refractivity contribution in [3.05, 3.63) is 20.7 Å². The number of H-pyrrole nitrogens is 1. The lowest BCUT2D eigenvalue weighted by molar-refractivity contribution is -0.121. The maximum Gasteiger partial charge on any atom is 0.304 e. The molecule has 1 saturated heterocycles. The summed E-state index contributed by atoms with van der Waals surface area (Å²) in [7, 11) is 0. The van der Waals surface area contributed by atoms with Gasteiger partial charge in [-0.1, -0.05) is 11.3 Å². The molecule has 0 aromatic carbocycles. The highest BCUT2D eigenvalue weighted by atomic mass is 32.1. The van der Waals surface area contributed by atoms with Gasteiger partial charge in [0.1, 0.15) is 0 Å². The fraction of sp³-hybridized carbons (Fsp3) is 0.667. The van der Waals surface area contributed by atoms with Gasteiger partial charge in [0.05, 0.1) is 6.54 Å². The Kier molecular flexibility index (Phi) is 4.95. The molecule has 0 saturated carbocycles. The van der Waals surface area contributed by atoms with E-state index in [1.165, 1.54) is 12.8 Å². The number of hydrogen-bond donors (Lipinski definition) is 3. The number of nitrogens with one attached hydrogen (secondary N) is 3. The lowest BCUT2D eigenvalue weighted by atomic mass is 9.93. The van der Waals surface area contributed by atoms with Crippen LogP contribution in [0.15, 0.2) is 10.2 Å². The van der Waals surface area contributed by atoms with E-state index in [0.29, 0.717) is 18.9 Å². The van der Waals surface area contributed by atoms with Crippen LogP contribution in [0, 0.1) is 5.92 Å². The van der Waals surface area contributed by atoms with E-state index in [1.54, 1.807) is 5.38 Å². The summed E-state index contributed by atoms with van der Waals surface area (Å²) in [4.78, 5) is 25.2. The minimum Gasteiger partial charge on any atom is -0.351 e. The zero-order valence-electron chi connectivity index (χ0n) is 10.3. The largest absolute Gasteiger partial charge is 0.351 e. The van der Waals surface area contributed by atoms with Gasteiger partial charge in [0, 0.05) is 17.5 Å². The van der Waals surface area contributed by atoms with E-state index in [0.717, 1.165) is 36.5 Å². The second-order valence-corrected chi connectivity index (χ2v) is 5.52. The first-order chi connectivity index (χ1) is 8.74. The molecule has 0 spiro atoms. The maximum absolute atomic E-state index is 11.7. The molecule has 1 aliphatic heterocycles. The van der Waals surface area contributed by atoms with Crippen molar-refractivity contribution >= 4 is 17.2 Å². The number of carbonyl (C=O) groups is 1. The Labute approximate surface area is 110 Å². The molecule has 0 radical (unpaired) electrons. The predicted octanol–water partition coefficient (Wildman–Crippen LogP) is 0.832. The summed E-state index contributed by atoms with van der Waals surface area (Å²) in [5.74, 6) is 0.749. The molecule has 0 unspecified atom stereocenters. The quantitative estimate of drug-likeness (QED) is 0.741. The summed E-state index contributed by atoms with van der Waals surface area (Å²) < 4.78 is 0. The maximum atomic E-state index is 11.7. The fourth-order valence-corrected chi connectivity index (χ4v) is 2.77. The molecule has 6 heteroatoms. The van der Waals surface area contributed by atoms with E-state index in [-0.39, 0.29) is 10.8 Å². The predicted molar refractivity (Wildman–Crippen MR) is 71.6 cm³/mol. The van der Waals surface area contributed by atoms with Crippen molar-refractivity contribution in [2.75, 3.05) is 13.1 Å². The molecule has 1 aromatic rings. The van der Waals surface area contributed by atoms with Crippen molar-refractivity contribution in [2.24, 2.45) is 5.92 Å². The van der Waals surface area contributed by atoms with Crippen LogP contribution in [0.2, 0.25) is 0 Å². The minimum atomic E-state index is -0.0750. The highest BCUT2D eigenvalue weighted by Crippen LogP contribution is 2.17. The fourth-order valence-electron chi connectivity index (χ4n) is 2.19. The average Bonchev–Trinajstić information content (AvgIpc) is 2.81. The molecular weight excluding hydrogens is 250 g/mol. The van der Waals surface area contributed by atoms with Crippen molar-refractivity contribution in [3.8, 4) is 0 Å². The van der Waals surface area contributed by atoms with Gasteiger partial charge < -0.3 is 15.6 Å². The summed E-state index contributed by atoms with van der Waals surface area (Å²) in [6.45, 7) is 2.56. The molecule has 1 fully saturated rings. The third kappa shape index (κ3) is 4.27. The number of piperidine rings is 1. The summed E-state index contributed by atoms with van der Waals surface area (Å²) in [6, 6.07) is 0. The molecule has 3 N–H and O–H groups in total. The van der Waals surface area contributed by atoms with Crippen LogP contribution in [0.1, 0.15) is 31.4 Å². The van der Waals surface area contributed by atoms with Gasteiger partial charge in [-0.05, 0) is 38.3 Å². The van der Waals surface area contributed by atoms with Crippen molar-refractivity contribution in [3.63, 3.8) is 0 Å². The lowest BCUT2D eigenvalue weighted by Crippen LogP contribution is -2.29. The van der Waals surface area contributed by atoms with E-state index in [2.05, 4.69) is 15.6 Å². The first-order valence-corrected chi connectivity index (χ1v) is 7.26. The van der Waals surface area contributed by atoms with E-state index >= 15 is 0 Å². The second kappa shape index (κ2) is 6.70. The van der Waals surface area contributed by atoms with E-state index in [4.69, 9.17) is 0 Å². The molecule has 0 aliphatic carbocycles. The summed E-state index contributed by atoms with van der Waals surface area (Å²) in [6.07, 6.45) is 3.89. The van der Waals surface area contributed by atoms with Gasteiger partial charge >= 0.3 is 4.87 Å². The van der Waals surface area contributed by atoms with Crippen molar-refractivity contribution < 1.29 is 4.79 Å². The topological polar surface area (TPSA) is 74.0 Å². The number of thiazole rings is 1. The van der Waals surface area contributed by atoms with Crippen LogP contribution < -0.4 is 15.5 Å². The molecule has 1 amide bonds. The Balaban J connectivity index is 1.64. The number of aromatic nitrogens is 1. The molecular formula is C12H19N3O2S. The molecule has 2 heterocycles. The van der Waals surface area contributed by atoms with Gasteiger partial charge in [-0.3, -0.25) is 9.59 Å². The molecule has 0 bridgehead atoms. The number of amides is 1. The smallest absolute Gasteiger partial charge is 0.304 e. The molecule has 18 heavy (non-hydrogen) atoms. The summed E-state index contributed by atoms with van der Waals surface area (Å²) in [5, 5.41) is 7.90. The number of carbonyl (C=O) groups excluding carboxylic acids is 1. The van der Waals surface area contributed by atoms with Gasteiger partial charge in [0.15, 0.2) is 0 Å². The van der Waals surface area contributed by atoms with Crippen molar-refractivity contribution in [1.29, 1.82) is 0 Å². The third-order valence-corrected chi connectivity index (χ3v) is 4.00. The summed E-state index contributed by atoms with van der Waals surface area (Å²) >= 11 is 1.12. The molecule has 1 aromatic heterocycles. The monoisotopic (exact) mass is 269 g/mol. The van der Waals surface area contributed by atoms with Gasteiger partial charge in [-0.2, -0.15) is 0 Å². The zero-order chi connectivity index (χ0) is 12.8. The van der Waals surface area contributed by atoms with Crippen LogP contribution in [0.5, 0.6) is 0 Å². The molecule has 1 aliphatic rings. The van der Waals surface area contributed by atoms with Crippen molar-refractivity contribution in [1.82, 2.24) is 15.6 Å². The van der Waals surface area contributed by atoms with Gasteiger partial charge in [0.25, 0.3) is 0 Å². The molecule has 2 rings (SSSR count). The number of rotatable bonds is 5. The minimum absolute atomic E-state index is 0.0700. The molecule has 5 nitrogen and oxygen atoms in total. The van der Waals surface area contributed by atoms with Crippen molar-refractivity contribution in [2.45, 2.75) is 32.2 Å². The summed E-state index contributed by atoms with van der Waals surface area (Å²) in [5.41, 5.74) is 0.778. The Morgan fingerprint density at radius 1 is 1.44 bits per heavy atom. The second-order valence-electron chi connectivity index (χ2n) is 4.68. The van der Waals surface area contributed by atoms with E-state index in [9.17, 15) is 9.59 Å². The Bertz CT molecular complexity index is 435. The Morgan fingerprint density at radius 2 is 2.22 bits per heavy atom. The Hall–Kier alpha value is -1.14. The molecule has 0 atom stereocenters. The SMILES string of the molecule is O=C(CCC1CCNCC1)NCc1csc(=O)[nH]1. The van der Waals surface area contributed by atoms with Crippen LogP contribution in [-0.4, -0.2) is 24.0 Å². The number of aromatic amines is 1. The van der Waals surface area contributed by atoms with Crippen LogP contribution >= 0.6 is 11.3 Å². The van der Waals surface area contributed by atoms with Crippen LogP contribution in [0.3, 0.4) is 0 Å². The normalized spacial score (nSPS) is 16.7. The van der Waals surface area contributed by atoms with Gasteiger partial charge in [-0.25, -0.2) is 0 Å². The van der Waals surface area contributed by atoms with Crippen LogP contribution in [0.25, 0.3) is 0 Å². The van der Waals surface area contributed by atoms with E-state index < -0.39 is 0 Å². The highest BCUT2D eigenvalue weighted by molar-refractivity contribution is 7.07. The van der Waals surface area contributed by atoms with Crippen LogP contribution in [0.4, 0.5) is 0 Å². The third-order valence-electron chi connectivity index (χ3n) is 3.29. The first kappa shape index (κ1) is 13.3.